The van der Waals surface area contributed by atoms with E-state index in [1.807, 2.05) is 67.4 Å². The number of hydrogen-bond acceptors (Lipinski definition) is 4. The van der Waals surface area contributed by atoms with Gasteiger partial charge in [0, 0.05) is 12.2 Å². The molecule has 0 saturated carbocycles. The van der Waals surface area contributed by atoms with Crippen LogP contribution in [0.4, 0.5) is 5.69 Å². The molecule has 0 radical (unpaired) electrons. The van der Waals surface area contributed by atoms with Gasteiger partial charge in [-0.15, -0.1) is 0 Å². The van der Waals surface area contributed by atoms with Crippen LogP contribution in [0.3, 0.4) is 0 Å². The lowest BCUT2D eigenvalue weighted by molar-refractivity contribution is -0.117. The molecule has 0 bridgehead atoms. The lowest BCUT2D eigenvalue weighted by Crippen LogP contribution is -2.33. The second kappa shape index (κ2) is 8.93. The molecule has 5 nitrogen and oxygen atoms in total. The Morgan fingerprint density at radius 2 is 1.88 bits per heavy atom. The molecule has 0 spiro atoms. The average molecular weight is 328 g/mol. The van der Waals surface area contributed by atoms with Crippen molar-refractivity contribution in [1.82, 2.24) is 4.90 Å². The number of rotatable bonds is 8. The zero-order valence-corrected chi connectivity index (χ0v) is 14.4. The highest BCUT2D eigenvalue weighted by Gasteiger charge is 2.07. The first-order valence-corrected chi connectivity index (χ1v) is 7.89. The molecule has 0 aliphatic rings. The van der Waals surface area contributed by atoms with Gasteiger partial charge in [-0.3, -0.25) is 9.69 Å². The van der Waals surface area contributed by atoms with Gasteiger partial charge in [0.1, 0.15) is 18.1 Å². The number of carbonyl (C=O) groups excluding carboxylic acids is 1. The summed E-state index contributed by atoms with van der Waals surface area (Å²) in [6.07, 6.45) is 0. The van der Waals surface area contributed by atoms with E-state index in [9.17, 15) is 4.79 Å². The Labute approximate surface area is 143 Å². The summed E-state index contributed by atoms with van der Waals surface area (Å²) in [5.74, 6) is 1.56. The minimum atomic E-state index is -0.0572. The van der Waals surface area contributed by atoms with E-state index in [4.69, 9.17) is 9.47 Å². The van der Waals surface area contributed by atoms with Crippen molar-refractivity contribution in [2.24, 2.45) is 0 Å². The van der Waals surface area contributed by atoms with Gasteiger partial charge in [-0.1, -0.05) is 12.1 Å². The maximum atomic E-state index is 12.0. The molecule has 0 fully saturated rings. The zero-order chi connectivity index (χ0) is 17.4. The number of anilines is 1. The topological polar surface area (TPSA) is 50.8 Å². The lowest BCUT2D eigenvalue weighted by atomic mass is 10.2. The van der Waals surface area contributed by atoms with Crippen LogP contribution in [-0.2, 0) is 4.79 Å². The molecule has 24 heavy (non-hydrogen) atoms. The molecule has 1 amide bonds. The van der Waals surface area contributed by atoms with Gasteiger partial charge in [0.15, 0.2) is 0 Å². The summed E-state index contributed by atoms with van der Waals surface area (Å²) in [6, 6.07) is 15.2. The van der Waals surface area contributed by atoms with Crippen LogP contribution in [0.25, 0.3) is 0 Å². The second-order valence-corrected chi connectivity index (χ2v) is 5.68. The number of amides is 1. The van der Waals surface area contributed by atoms with E-state index in [2.05, 4.69) is 5.32 Å². The van der Waals surface area contributed by atoms with Crippen molar-refractivity contribution >= 4 is 11.6 Å². The third-order valence-corrected chi connectivity index (χ3v) is 3.52. The van der Waals surface area contributed by atoms with Crippen molar-refractivity contribution in [2.75, 3.05) is 39.2 Å². The maximum Gasteiger partial charge on any atom is 0.238 e. The SMILES string of the molecule is COc1ccc(NC(=O)CN(C)CCOc2cccc(C)c2)cc1. The van der Waals surface area contributed by atoms with Gasteiger partial charge >= 0.3 is 0 Å². The first-order valence-electron chi connectivity index (χ1n) is 7.89. The number of benzene rings is 2. The van der Waals surface area contributed by atoms with E-state index < -0.39 is 0 Å². The molecule has 2 rings (SSSR count). The van der Waals surface area contributed by atoms with Crippen molar-refractivity contribution in [3.8, 4) is 11.5 Å². The summed E-state index contributed by atoms with van der Waals surface area (Å²) < 4.78 is 10.8. The van der Waals surface area contributed by atoms with Crippen molar-refractivity contribution in [3.05, 3.63) is 54.1 Å². The van der Waals surface area contributed by atoms with Gasteiger partial charge < -0.3 is 14.8 Å². The largest absolute Gasteiger partial charge is 0.497 e. The number of hydrogen-bond donors (Lipinski definition) is 1. The summed E-state index contributed by atoms with van der Waals surface area (Å²) in [5.41, 5.74) is 1.92. The Balaban J connectivity index is 1.70. The Morgan fingerprint density at radius 1 is 1.12 bits per heavy atom. The van der Waals surface area contributed by atoms with E-state index in [1.165, 1.54) is 5.56 Å². The molecule has 0 heterocycles. The second-order valence-electron chi connectivity index (χ2n) is 5.68. The number of likely N-dealkylation sites (N-methyl/N-ethyl adjacent to an activating group) is 1. The van der Waals surface area contributed by atoms with E-state index in [1.54, 1.807) is 7.11 Å². The summed E-state index contributed by atoms with van der Waals surface area (Å²) in [6.45, 7) is 3.55. The highest BCUT2D eigenvalue weighted by atomic mass is 16.5. The monoisotopic (exact) mass is 328 g/mol. The normalized spacial score (nSPS) is 10.5. The third kappa shape index (κ3) is 5.93. The molecule has 0 unspecified atom stereocenters. The van der Waals surface area contributed by atoms with Crippen LogP contribution < -0.4 is 14.8 Å². The van der Waals surface area contributed by atoms with Crippen LogP contribution in [0.1, 0.15) is 5.56 Å². The van der Waals surface area contributed by atoms with Gasteiger partial charge in [0.25, 0.3) is 0 Å². The fraction of sp³-hybridized carbons (Fsp3) is 0.316. The lowest BCUT2D eigenvalue weighted by Gasteiger charge is -2.17. The predicted octanol–water partition coefficient (Wildman–Crippen LogP) is 2.95. The van der Waals surface area contributed by atoms with Crippen LogP contribution in [0.15, 0.2) is 48.5 Å². The summed E-state index contributed by atoms with van der Waals surface area (Å²) in [7, 11) is 3.51. The molecule has 2 aromatic carbocycles. The predicted molar refractivity (Wildman–Crippen MR) is 95.8 cm³/mol. The zero-order valence-electron chi connectivity index (χ0n) is 14.4. The van der Waals surface area contributed by atoms with E-state index in [0.717, 1.165) is 17.2 Å². The molecule has 1 N–H and O–H groups in total. The number of nitrogens with one attached hydrogen (secondary N) is 1. The Kier molecular flexibility index (Phi) is 6.63. The van der Waals surface area contributed by atoms with Gasteiger partial charge in [-0.25, -0.2) is 0 Å². The molecule has 128 valence electrons. The van der Waals surface area contributed by atoms with Crippen molar-refractivity contribution in [2.45, 2.75) is 6.92 Å². The van der Waals surface area contributed by atoms with Gasteiger partial charge in [0.05, 0.1) is 13.7 Å². The molecule has 0 saturated heterocycles. The number of carbonyl (C=O) groups is 1. The number of nitrogens with zero attached hydrogens (tertiary/aromatic N) is 1. The smallest absolute Gasteiger partial charge is 0.238 e. The highest BCUT2D eigenvalue weighted by molar-refractivity contribution is 5.92. The Bertz CT molecular complexity index is 656. The van der Waals surface area contributed by atoms with Gasteiger partial charge in [-0.2, -0.15) is 0 Å². The van der Waals surface area contributed by atoms with Crippen molar-refractivity contribution < 1.29 is 14.3 Å². The minimum absolute atomic E-state index is 0.0572. The molecule has 0 aliphatic heterocycles. The minimum Gasteiger partial charge on any atom is -0.497 e. The number of methoxy groups -OCH3 is 1. The van der Waals surface area contributed by atoms with Crippen LogP contribution in [-0.4, -0.2) is 44.7 Å². The van der Waals surface area contributed by atoms with Crippen LogP contribution in [0, 0.1) is 6.92 Å². The molecule has 0 aromatic heterocycles. The first kappa shape index (κ1) is 17.8. The van der Waals surface area contributed by atoms with E-state index >= 15 is 0 Å². The molecule has 2 aromatic rings. The summed E-state index contributed by atoms with van der Waals surface area (Å²) >= 11 is 0. The van der Waals surface area contributed by atoms with Crippen LogP contribution in [0.5, 0.6) is 11.5 Å². The Hall–Kier alpha value is -2.53. The quantitative estimate of drug-likeness (QED) is 0.809. The van der Waals surface area contributed by atoms with Crippen molar-refractivity contribution in [1.29, 1.82) is 0 Å². The van der Waals surface area contributed by atoms with Crippen molar-refractivity contribution in [3.63, 3.8) is 0 Å². The molecule has 5 heteroatoms. The molecular weight excluding hydrogens is 304 g/mol. The summed E-state index contributed by atoms with van der Waals surface area (Å²) in [5, 5.41) is 2.86. The standard InChI is InChI=1S/C19H24N2O3/c1-15-5-4-6-18(13-15)24-12-11-21(2)14-19(22)20-16-7-9-17(23-3)10-8-16/h4-10,13H,11-12,14H2,1-3H3,(H,20,22). The molecule has 0 atom stereocenters. The average Bonchev–Trinajstić information content (AvgIpc) is 2.55. The van der Waals surface area contributed by atoms with E-state index in [0.29, 0.717) is 19.7 Å². The maximum absolute atomic E-state index is 12.0. The first-order chi connectivity index (χ1) is 11.6. The third-order valence-electron chi connectivity index (χ3n) is 3.52. The summed E-state index contributed by atoms with van der Waals surface area (Å²) in [4.78, 5) is 14.0. The fourth-order valence-electron chi connectivity index (χ4n) is 2.22. The van der Waals surface area contributed by atoms with E-state index in [-0.39, 0.29) is 5.91 Å². The van der Waals surface area contributed by atoms with Crippen LogP contribution in [0.2, 0.25) is 0 Å². The molecular formula is C19H24N2O3. The number of aryl methyl sites for hydroxylation is 1. The number of ether oxygens (including phenoxy) is 2. The fourth-order valence-corrected chi connectivity index (χ4v) is 2.22. The Morgan fingerprint density at radius 3 is 2.54 bits per heavy atom. The van der Waals surface area contributed by atoms with Gasteiger partial charge in [-0.05, 0) is 55.9 Å². The highest BCUT2D eigenvalue weighted by Crippen LogP contribution is 2.15. The molecule has 0 aliphatic carbocycles. The van der Waals surface area contributed by atoms with Crippen LogP contribution >= 0.6 is 0 Å². The van der Waals surface area contributed by atoms with Gasteiger partial charge in [0.2, 0.25) is 5.91 Å².